The van der Waals surface area contributed by atoms with Gasteiger partial charge in [-0.2, -0.15) is 0 Å². The fraction of sp³-hybridized carbons (Fsp3) is 0.360. The molecule has 2 aromatic carbocycles. The van der Waals surface area contributed by atoms with E-state index in [0.717, 1.165) is 6.07 Å². The van der Waals surface area contributed by atoms with Gasteiger partial charge in [0, 0.05) is 11.5 Å². The summed E-state index contributed by atoms with van der Waals surface area (Å²) >= 11 is 0. The molecule has 0 amide bonds. The number of fused-ring (bicyclic) bond motifs is 1. The van der Waals surface area contributed by atoms with Crippen LogP contribution in [0.2, 0.25) is 0 Å². The molecule has 1 saturated carbocycles. The molecule has 0 atom stereocenters. The van der Waals surface area contributed by atoms with Crippen molar-refractivity contribution in [1.82, 2.24) is 0 Å². The van der Waals surface area contributed by atoms with E-state index in [-0.39, 0.29) is 23.3 Å². The number of rotatable bonds is 6. The molecule has 0 radical (unpaired) electrons. The monoisotopic (exact) mass is 420 g/mol. The molecular weight excluding hydrogens is 395 g/mol. The highest BCUT2D eigenvalue weighted by molar-refractivity contribution is 5.88. The third-order valence-corrected chi connectivity index (χ3v) is 5.92. The fourth-order valence-corrected chi connectivity index (χ4v) is 4.11. The Morgan fingerprint density at radius 2 is 1.73 bits per heavy atom. The standard InChI is InChI=1S/C25H25F5/c1-3-5-6-7-18-14-17-12-13-19(23(28)20(17)25(30)22(18)27)24(29)21(26)16-10-8-15(4-2)9-11-16/h3-5,12-16H,2,6-11H2,1H3/b5-3+,24-21?. The third-order valence-electron chi connectivity index (χ3n) is 5.92. The van der Waals surface area contributed by atoms with Gasteiger partial charge >= 0.3 is 0 Å². The minimum absolute atomic E-state index is 0.116. The predicted octanol–water partition coefficient (Wildman–Crippen LogP) is 8.37. The minimum atomic E-state index is -1.37. The van der Waals surface area contributed by atoms with E-state index in [1.54, 1.807) is 12.2 Å². The van der Waals surface area contributed by atoms with Crippen molar-refractivity contribution >= 4 is 16.6 Å². The summed E-state index contributed by atoms with van der Waals surface area (Å²) in [4.78, 5) is 0. The van der Waals surface area contributed by atoms with Crippen molar-refractivity contribution in [2.45, 2.75) is 45.4 Å². The molecule has 0 aromatic heterocycles. The lowest BCUT2D eigenvalue weighted by molar-refractivity contribution is 0.304. The molecule has 0 unspecified atom stereocenters. The molecular formula is C25H25F5. The second kappa shape index (κ2) is 9.59. The van der Waals surface area contributed by atoms with Crippen LogP contribution in [0.1, 0.15) is 50.2 Å². The largest absolute Gasteiger partial charge is 0.208 e. The van der Waals surface area contributed by atoms with Crippen LogP contribution in [0.3, 0.4) is 0 Å². The van der Waals surface area contributed by atoms with Gasteiger partial charge in [0.1, 0.15) is 11.6 Å². The summed E-state index contributed by atoms with van der Waals surface area (Å²) in [5.74, 6) is -6.55. The Kier molecular flexibility index (Phi) is 7.11. The zero-order chi connectivity index (χ0) is 21.8. The Morgan fingerprint density at radius 3 is 2.37 bits per heavy atom. The second-order valence-corrected chi connectivity index (χ2v) is 7.81. The van der Waals surface area contributed by atoms with Crippen LogP contribution in [-0.2, 0) is 6.42 Å². The maximum absolute atomic E-state index is 15.0. The summed E-state index contributed by atoms with van der Waals surface area (Å²) in [7, 11) is 0. The molecule has 0 heterocycles. The Bertz CT molecular complexity index is 995. The first kappa shape index (κ1) is 22.3. The lowest BCUT2D eigenvalue weighted by Crippen LogP contribution is -2.14. The number of hydrogen-bond donors (Lipinski definition) is 0. The van der Waals surface area contributed by atoms with Crippen molar-refractivity contribution in [1.29, 1.82) is 0 Å². The second-order valence-electron chi connectivity index (χ2n) is 7.81. The maximum Gasteiger partial charge on any atom is 0.169 e. The number of hydrogen-bond acceptors (Lipinski definition) is 0. The van der Waals surface area contributed by atoms with Crippen LogP contribution in [0.4, 0.5) is 22.0 Å². The maximum atomic E-state index is 15.0. The van der Waals surface area contributed by atoms with Gasteiger partial charge in [0.05, 0.1) is 5.39 Å². The SMILES string of the molecule is C=CC1CCC(C(F)=C(F)c2ccc3cc(CC/C=C/C)c(F)c(F)c3c2F)CC1. The van der Waals surface area contributed by atoms with Crippen molar-refractivity contribution in [3.8, 4) is 0 Å². The Morgan fingerprint density at radius 1 is 1.03 bits per heavy atom. The number of aryl methyl sites for hydroxylation is 1. The fourth-order valence-electron chi connectivity index (χ4n) is 4.11. The minimum Gasteiger partial charge on any atom is -0.208 e. The molecule has 0 bridgehead atoms. The first-order chi connectivity index (χ1) is 14.4. The van der Waals surface area contributed by atoms with Crippen LogP contribution >= 0.6 is 0 Å². The summed E-state index contributed by atoms with van der Waals surface area (Å²) < 4.78 is 73.6. The molecule has 1 fully saturated rings. The van der Waals surface area contributed by atoms with E-state index < -0.39 is 46.0 Å². The zero-order valence-corrected chi connectivity index (χ0v) is 17.0. The highest BCUT2D eigenvalue weighted by Crippen LogP contribution is 2.39. The van der Waals surface area contributed by atoms with Gasteiger partial charge in [-0.3, -0.25) is 0 Å². The van der Waals surface area contributed by atoms with E-state index in [9.17, 15) is 22.0 Å². The molecule has 1 aliphatic carbocycles. The van der Waals surface area contributed by atoms with Crippen molar-refractivity contribution in [3.05, 3.63) is 77.4 Å². The molecule has 0 spiro atoms. The van der Waals surface area contributed by atoms with Gasteiger partial charge in [-0.1, -0.05) is 24.3 Å². The molecule has 1 aliphatic rings. The van der Waals surface area contributed by atoms with E-state index in [2.05, 4.69) is 6.58 Å². The number of halogens is 5. The molecule has 0 N–H and O–H groups in total. The Balaban J connectivity index is 1.99. The first-order valence-electron chi connectivity index (χ1n) is 10.3. The molecule has 5 heteroatoms. The molecule has 0 saturated heterocycles. The van der Waals surface area contributed by atoms with Gasteiger partial charge in [0.2, 0.25) is 0 Å². The Hall–Kier alpha value is -2.43. The summed E-state index contributed by atoms with van der Waals surface area (Å²) in [6.45, 7) is 5.54. The Labute approximate surface area is 173 Å². The predicted molar refractivity (Wildman–Crippen MR) is 112 cm³/mol. The molecule has 0 nitrogen and oxygen atoms in total. The van der Waals surface area contributed by atoms with Gasteiger partial charge < -0.3 is 0 Å². The first-order valence-corrected chi connectivity index (χ1v) is 10.3. The van der Waals surface area contributed by atoms with Gasteiger partial charge in [-0.05, 0) is 74.4 Å². The van der Waals surface area contributed by atoms with Crippen LogP contribution in [0.15, 0.2) is 48.8 Å². The molecule has 160 valence electrons. The van der Waals surface area contributed by atoms with Crippen LogP contribution in [-0.4, -0.2) is 0 Å². The summed E-state index contributed by atoms with van der Waals surface area (Å²) in [6.07, 6.45) is 8.42. The average Bonchev–Trinajstić information content (AvgIpc) is 2.76. The summed E-state index contributed by atoms with van der Waals surface area (Å²) in [5, 5.41) is -0.538. The van der Waals surface area contributed by atoms with Crippen LogP contribution in [0, 0.1) is 29.3 Å². The van der Waals surface area contributed by atoms with E-state index in [1.165, 1.54) is 12.1 Å². The third kappa shape index (κ3) is 4.35. The van der Waals surface area contributed by atoms with E-state index in [0.29, 0.717) is 32.1 Å². The van der Waals surface area contributed by atoms with Crippen LogP contribution in [0.5, 0.6) is 0 Å². The normalized spacial score (nSPS) is 20.6. The average molecular weight is 420 g/mol. The van der Waals surface area contributed by atoms with E-state index in [4.69, 9.17) is 0 Å². The number of allylic oxidation sites excluding steroid dienone is 4. The van der Waals surface area contributed by atoms with E-state index >= 15 is 0 Å². The highest BCUT2D eigenvalue weighted by Gasteiger charge is 2.28. The zero-order valence-electron chi connectivity index (χ0n) is 17.0. The quantitative estimate of drug-likeness (QED) is 0.325. The lowest BCUT2D eigenvalue weighted by Gasteiger charge is -2.25. The van der Waals surface area contributed by atoms with Crippen molar-refractivity contribution in [2.75, 3.05) is 0 Å². The summed E-state index contributed by atoms with van der Waals surface area (Å²) in [6, 6.07) is 3.75. The van der Waals surface area contributed by atoms with Crippen molar-refractivity contribution in [2.24, 2.45) is 11.8 Å². The molecule has 2 aromatic rings. The van der Waals surface area contributed by atoms with Crippen LogP contribution < -0.4 is 0 Å². The smallest absolute Gasteiger partial charge is 0.169 e. The molecule has 0 aliphatic heterocycles. The van der Waals surface area contributed by atoms with Crippen LogP contribution in [0.25, 0.3) is 16.6 Å². The lowest BCUT2D eigenvalue weighted by atomic mass is 9.81. The summed E-state index contributed by atoms with van der Waals surface area (Å²) in [5.41, 5.74) is -0.558. The van der Waals surface area contributed by atoms with Crippen molar-refractivity contribution < 1.29 is 22.0 Å². The van der Waals surface area contributed by atoms with E-state index in [1.807, 2.05) is 13.0 Å². The number of benzene rings is 2. The highest BCUT2D eigenvalue weighted by atomic mass is 19.2. The van der Waals surface area contributed by atoms with Gasteiger partial charge in [-0.25, -0.2) is 22.0 Å². The molecule has 3 rings (SSSR count). The topological polar surface area (TPSA) is 0 Å². The van der Waals surface area contributed by atoms with Gasteiger partial charge in [-0.15, -0.1) is 6.58 Å². The molecule has 30 heavy (non-hydrogen) atoms. The van der Waals surface area contributed by atoms with Gasteiger partial charge in [0.25, 0.3) is 0 Å². The van der Waals surface area contributed by atoms with Crippen molar-refractivity contribution in [3.63, 3.8) is 0 Å². The van der Waals surface area contributed by atoms with Gasteiger partial charge in [0.15, 0.2) is 17.5 Å².